The molecule has 4 rings (SSSR count). The smallest absolute Gasteiger partial charge is 0.315 e. The Kier molecular flexibility index (Phi) is 6.08. The third-order valence-electron chi connectivity index (χ3n) is 5.52. The molecule has 3 heterocycles. The fourth-order valence-electron chi connectivity index (χ4n) is 4.22. The van der Waals surface area contributed by atoms with E-state index in [1.165, 1.54) is 4.88 Å². The van der Waals surface area contributed by atoms with Gasteiger partial charge in [0.25, 0.3) is 0 Å². The molecule has 0 radical (unpaired) electrons. The predicted molar refractivity (Wildman–Crippen MR) is 115 cm³/mol. The molecule has 0 aromatic carbocycles. The lowest BCUT2D eigenvalue weighted by Gasteiger charge is -2.35. The van der Waals surface area contributed by atoms with Gasteiger partial charge in [0.15, 0.2) is 5.78 Å². The van der Waals surface area contributed by atoms with Crippen molar-refractivity contribution in [1.82, 2.24) is 0 Å². The van der Waals surface area contributed by atoms with Crippen molar-refractivity contribution in [3.8, 4) is 0 Å². The van der Waals surface area contributed by atoms with Gasteiger partial charge in [-0.2, -0.15) is 11.3 Å². The highest BCUT2D eigenvalue weighted by atomic mass is 32.1. The van der Waals surface area contributed by atoms with Gasteiger partial charge < -0.3 is 9.47 Å². The summed E-state index contributed by atoms with van der Waals surface area (Å²) < 4.78 is 10.4. The van der Waals surface area contributed by atoms with Crippen molar-refractivity contribution in [2.45, 2.75) is 31.6 Å². The molecule has 2 aromatic heterocycles. The maximum absolute atomic E-state index is 13.3. The van der Waals surface area contributed by atoms with Crippen molar-refractivity contribution in [3.05, 3.63) is 56.1 Å². The number of aliphatic imine (C=N–C) groups is 1. The van der Waals surface area contributed by atoms with Gasteiger partial charge in [-0.15, -0.1) is 11.3 Å². The van der Waals surface area contributed by atoms with E-state index in [0.717, 1.165) is 17.7 Å². The van der Waals surface area contributed by atoms with Crippen molar-refractivity contribution < 1.29 is 19.1 Å². The first-order valence-corrected chi connectivity index (χ1v) is 11.4. The van der Waals surface area contributed by atoms with Crippen LogP contribution in [0.2, 0.25) is 0 Å². The molecule has 0 N–H and O–H groups in total. The summed E-state index contributed by atoms with van der Waals surface area (Å²) in [6.07, 6.45) is 1.19. The Bertz CT molecular complexity index is 944. The Hall–Kier alpha value is -2.09. The predicted octanol–water partition coefficient (Wildman–Crippen LogP) is 4.57. The Morgan fingerprint density at radius 2 is 2.10 bits per heavy atom. The van der Waals surface area contributed by atoms with Crippen LogP contribution in [-0.4, -0.2) is 37.8 Å². The number of hydrogen-bond acceptors (Lipinski definition) is 7. The van der Waals surface area contributed by atoms with Crippen LogP contribution < -0.4 is 0 Å². The molecule has 0 saturated carbocycles. The fraction of sp³-hybridized carbons (Fsp3) is 0.409. The number of esters is 1. The zero-order valence-corrected chi connectivity index (χ0v) is 18.1. The number of rotatable bonds is 6. The van der Waals surface area contributed by atoms with Gasteiger partial charge >= 0.3 is 5.97 Å². The van der Waals surface area contributed by atoms with E-state index >= 15 is 0 Å². The van der Waals surface area contributed by atoms with Gasteiger partial charge in [-0.3, -0.25) is 14.6 Å². The highest BCUT2D eigenvalue weighted by Crippen LogP contribution is 2.47. The Labute approximate surface area is 178 Å². The third kappa shape index (κ3) is 3.99. The van der Waals surface area contributed by atoms with Gasteiger partial charge in [0.2, 0.25) is 0 Å². The second-order valence-electron chi connectivity index (χ2n) is 7.33. The molecule has 0 saturated heterocycles. The molecular formula is C22H23NO4S2. The van der Waals surface area contributed by atoms with Crippen LogP contribution in [0.15, 0.2) is 50.6 Å². The number of Topliss-reactive ketones (excluding diaryl/α,β-unsaturated/α-hetero) is 1. The summed E-state index contributed by atoms with van der Waals surface area (Å²) in [6.45, 7) is 2.40. The van der Waals surface area contributed by atoms with E-state index in [2.05, 4.69) is 6.07 Å². The Morgan fingerprint density at radius 3 is 2.79 bits per heavy atom. The van der Waals surface area contributed by atoms with Gasteiger partial charge in [-0.25, -0.2) is 0 Å². The van der Waals surface area contributed by atoms with Crippen LogP contribution in [0.5, 0.6) is 0 Å². The molecular weight excluding hydrogens is 406 g/mol. The minimum absolute atomic E-state index is 0.0896. The normalized spacial score (nSPS) is 24.3. The molecule has 0 spiro atoms. The lowest BCUT2D eigenvalue weighted by molar-refractivity contribution is -0.147. The second kappa shape index (κ2) is 8.73. The quantitative estimate of drug-likeness (QED) is 0.498. The van der Waals surface area contributed by atoms with Crippen LogP contribution in [0.25, 0.3) is 0 Å². The lowest BCUT2D eigenvalue weighted by Crippen LogP contribution is -2.38. The molecule has 2 aromatic rings. The van der Waals surface area contributed by atoms with Crippen molar-refractivity contribution in [3.63, 3.8) is 0 Å². The van der Waals surface area contributed by atoms with Crippen LogP contribution in [-0.2, 0) is 19.1 Å². The molecule has 7 heteroatoms. The van der Waals surface area contributed by atoms with Gasteiger partial charge in [0.1, 0.15) is 12.5 Å². The highest BCUT2D eigenvalue weighted by Gasteiger charge is 2.44. The number of ether oxygens (including phenoxy) is 2. The minimum atomic E-state index is -0.581. The summed E-state index contributed by atoms with van der Waals surface area (Å²) in [5, 5.41) is 6.03. The summed E-state index contributed by atoms with van der Waals surface area (Å²) in [5.74, 6) is -1.01. The van der Waals surface area contributed by atoms with E-state index in [1.54, 1.807) is 29.8 Å². The first kappa shape index (κ1) is 20.2. The molecule has 0 fully saturated rings. The van der Waals surface area contributed by atoms with Gasteiger partial charge in [0.05, 0.1) is 6.61 Å². The summed E-state index contributed by atoms with van der Waals surface area (Å²) in [6, 6.07) is 6.09. The second-order valence-corrected chi connectivity index (χ2v) is 9.09. The largest absolute Gasteiger partial charge is 0.463 e. The van der Waals surface area contributed by atoms with Crippen LogP contribution in [0.4, 0.5) is 0 Å². The van der Waals surface area contributed by atoms with Gasteiger partial charge in [0, 0.05) is 47.2 Å². The molecule has 0 bridgehead atoms. The number of carbonyl (C=O) groups is 2. The molecule has 5 nitrogen and oxygen atoms in total. The summed E-state index contributed by atoms with van der Waals surface area (Å²) in [5.41, 5.74) is 3.21. The van der Waals surface area contributed by atoms with E-state index < -0.39 is 5.92 Å². The lowest BCUT2D eigenvalue weighted by atomic mass is 9.70. The van der Waals surface area contributed by atoms with Crippen LogP contribution >= 0.6 is 22.7 Å². The van der Waals surface area contributed by atoms with Crippen molar-refractivity contribution >= 4 is 40.1 Å². The SMILES string of the molecule is COCCOC(=O)C1C(C)=NC2=C(C(=O)CC(c3cccs3)C2)C1c1ccsc1. The molecule has 29 heavy (non-hydrogen) atoms. The summed E-state index contributed by atoms with van der Waals surface area (Å²) in [4.78, 5) is 32.2. The van der Waals surface area contributed by atoms with Crippen LogP contribution in [0.3, 0.4) is 0 Å². The van der Waals surface area contributed by atoms with Crippen LogP contribution in [0.1, 0.15) is 42.0 Å². The average Bonchev–Trinajstić information content (AvgIpc) is 3.41. The highest BCUT2D eigenvalue weighted by molar-refractivity contribution is 7.10. The van der Waals surface area contributed by atoms with E-state index in [9.17, 15) is 9.59 Å². The zero-order chi connectivity index (χ0) is 20.4. The van der Waals surface area contributed by atoms with Gasteiger partial charge in [-0.05, 0) is 47.2 Å². The molecule has 3 unspecified atom stereocenters. The van der Waals surface area contributed by atoms with Crippen LogP contribution in [0, 0.1) is 5.92 Å². The maximum atomic E-state index is 13.3. The average molecular weight is 430 g/mol. The first-order valence-electron chi connectivity index (χ1n) is 9.62. The van der Waals surface area contributed by atoms with Gasteiger partial charge in [-0.1, -0.05) is 6.07 Å². The minimum Gasteiger partial charge on any atom is -0.463 e. The van der Waals surface area contributed by atoms with E-state index in [0.29, 0.717) is 24.3 Å². The Balaban J connectivity index is 1.71. The van der Waals surface area contributed by atoms with E-state index in [1.807, 2.05) is 35.2 Å². The Morgan fingerprint density at radius 1 is 1.24 bits per heavy atom. The molecule has 3 atom stereocenters. The van der Waals surface area contributed by atoms with Crippen molar-refractivity contribution in [2.75, 3.05) is 20.3 Å². The number of nitrogens with zero attached hydrogens (tertiary/aromatic N) is 1. The standard InChI is InChI=1S/C22H23NO4S2/c1-13-19(22(25)27-7-6-26-2)20(14-5-9-28-12-14)21-16(23-13)10-15(11-17(21)24)18-4-3-8-29-18/h3-5,8-9,12,15,19-20H,6-7,10-11H2,1-2H3. The monoisotopic (exact) mass is 429 g/mol. The maximum Gasteiger partial charge on any atom is 0.315 e. The number of carbonyl (C=O) groups excluding carboxylic acids is 2. The molecule has 2 aliphatic rings. The van der Waals surface area contributed by atoms with E-state index in [-0.39, 0.29) is 30.2 Å². The topological polar surface area (TPSA) is 65.0 Å². The number of thiophene rings is 2. The number of methoxy groups -OCH3 is 1. The zero-order valence-electron chi connectivity index (χ0n) is 16.4. The van der Waals surface area contributed by atoms with Crippen molar-refractivity contribution in [1.29, 1.82) is 0 Å². The molecule has 1 aliphatic heterocycles. The summed E-state index contributed by atoms with van der Waals surface area (Å²) in [7, 11) is 1.57. The fourth-order valence-corrected chi connectivity index (χ4v) is 5.74. The number of ketones is 1. The van der Waals surface area contributed by atoms with E-state index in [4.69, 9.17) is 14.5 Å². The number of allylic oxidation sites excluding steroid dienone is 2. The first-order chi connectivity index (χ1) is 14.1. The third-order valence-corrected chi connectivity index (χ3v) is 7.26. The molecule has 152 valence electrons. The van der Waals surface area contributed by atoms with Crippen molar-refractivity contribution in [2.24, 2.45) is 10.9 Å². The molecule has 1 aliphatic carbocycles. The molecule has 0 amide bonds. The number of hydrogen-bond donors (Lipinski definition) is 0. The summed E-state index contributed by atoms with van der Waals surface area (Å²) >= 11 is 3.24.